The van der Waals surface area contributed by atoms with Crippen molar-refractivity contribution in [1.29, 1.82) is 0 Å². The molecule has 0 radical (unpaired) electrons. The number of halogens is 3. The van der Waals surface area contributed by atoms with E-state index in [0.717, 1.165) is 49.3 Å². The number of benzene rings is 1. The highest BCUT2D eigenvalue weighted by Gasteiger charge is 2.31. The molecule has 2 aromatic heterocycles. The summed E-state index contributed by atoms with van der Waals surface area (Å²) in [5.41, 5.74) is 0.379. The van der Waals surface area contributed by atoms with Gasteiger partial charge in [0.25, 0.3) is 0 Å². The number of pyridine rings is 1. The summed E-state index contributed by atoms with van der Waals surface area (Å²) in [4.78, 5) is 8.27. The minimum absolute atomic E-state index is 0.585. The van der Waals surface area contributed by atoms with E-state index in [2.05, 4.69) is 15.0 Å². The number of nitrogens with zero attached hydrogens (tertiary/aromatic N) is 5. The second-order valence-corrected chi connectivity index (χ2v) is 6.35. The van der Waals surface area contributed by atoms with Gasteiger partial charge in [-0.25, -0.2) is 4.98 Å². The Balaban J connectivity index is 1.38. The fourth-order valence-corrected chi connectivity index (χ4v) is 3.19. The molecule has 0 amide bonds. The van der Waals surface area contributed by atoms with Crippen molar-refractivity contribution in [3.63, 3.8) is 0 Å². The van der Waals surface area contributed by atoms with Gasteiger partial charge in [0.05, 0.1) is 23.9 Å². The van der Waals surface area contributed by atoms with Gasteiger partial charge in [-0.3, -0.25) is 9.58 Å². The van der Waals surface area contributed by atoms with Gasteiger partial charge in [-0.05, 0) is 18.2 Å². The molecular formula is C18H18F3N5. The van der Waals surface area contributed by atoms with Crippen molar-refractivity contribution in [3.05, 3.63) is 54.4 Å². The molecule has 0 saturated carbocycles. The van der Waals surface area contributed by atoms with Crippen molar-refractivity contribution >= 4 is 16.7 Å². The Bertz CT molecular complexity index is 880. The van der Waals surface area contributed by atoms with E-state index in [1.807, 2.05) is 40.0 Å². The molecule has 136 valence electrons. The summed E-state index contributed by atoms with van der Waals surface area (Å²) < 4.78 is 39.9. The molecule has 1 aliphatic rings. The SMILES string of the molecule is FC(F)(F)c1ccc(N2CCN(Cn3ncc4ccccc43)CC2)nc1. The number of anilines is 1. The fraction of sp³-hybridized carbons (Fsp3) is 0.333. The van der Waals surface area contributed by atoms with Crippen LogP contribution in [-0.4, -0.2) is 45.8 Å². The molecule has 0 atom stereocenters. The molecule has 0 spiro atoms. The number of alkyl halides is 3. The van der Waals surface area contributed by atoms with E-state index in [0.29, 0.717) is 12.5 Å². The van der Waals surface area contributed by atoms with Crippen molar-refractivity contribution in [3.8, 4) is 0 Å². The maximum absolute atomic E-state index is 12.6. The molecule has 0 bridgehead atoms. The first kappa shape index (κ1) is 16.8. The minimum atomic E-state index is -4.35. The highest BCUT2D eigenvalue weighted by molar-refractivity contribution is 5.78. The number of hydrogen-bond donors (Lipinski definition) is 0. The fourth-order valence-electron chi connectivity index (χ4n) is 3.19. The summed E-state index contributed by atoms with van der Waals surface area (Å²) in [5.74, 6) is 0.585. The smallest absolute Gasteiger partial charge is 0.354 e. The van der Waals surface area contributed by atoms with Gasteiger partial charge in [0, 0.05) is 37.8 Å². The van der Waals surface area contributed by atoms with Gasteiger partial charge in [-0.1, -0.05) is 18.2 Å². The van der Waals surface area contributed by atoms with Gasteiger partial charge in [-0.15, -0.1) is 0 Å². The van der Waals surface area contributed by atoms with Crippen molar-refractivity contribution in [2.75, 3.05) is 31.1 Å². The third-order valence-corrected chi connectivity index (χ3v) is 4.66. The molecule has 0 N–H and O–H groups in total. The van der Waals surface area contributed by atoms with Crippen LogP contribution in [0.25, 0.3) is 10.9 Å². The molecule has 1 aliphatic heterocycles. The largest absolute Gasteiger partial charge is 0.417 e. The van der Waals surface area contributed by atoms with E-state index in [1.165, 1.54) is 6.07 Å². The Kier molecular flexibility index (Phi) is 4.28. The zero-order chi connectivity index (χ0) is 18.1. The topological polar surface area (TPSA) is 37.2 Å². The van der Waals surface area contributed by atoms with E-state index in [9.17, 15) is 13.2 Å². The van der Waals surface area contributed by atoms with Gasteiger partial charge in [-0.2, -0.15) is 18.3 Å². The summed E-state index contributed by atoms with van der Waals surface area (Å²) in [7, 11) is 0. The van der Waals surface area contributed by atoms with Crippen LogP contribution in [0.2, 0.25) is 0 Å². The molecule has 5 nitrogen and oxygen atoms in total. The van der Waals surface area contributed by atoms with Crippen LogP contribution in [0.1, 0.15) is 5.56 Å². The van der Waals surface area contributed by atoms with Gasteiger partial charge < -0.3 is 4.90 Å². The Morgan fingerprint density at radius 3 is 2.38 bits per heavy atom. The lowest BCUT2D eigenvalue weighted by atomic mass is 10.2. The van der Waals surface area contributed by atoms with Crippen molar-refractivity contribution in [1.82, 2.24) is 19.7 Å². The molecule has 1 saturated heterocycles. The Hall–Kier alpha value is -2.61. The monoisotopic (exact) mass is 361 g/mol. The average Bonchev–Trinajstić information content (AvgIpc) is 3.05. The van der Waals surface area contributed by atoms with Crippen LogP contribution in [0.5, 0.6) is 0 Å². The number of aromatic nitrogens is 3. The maximum Gasteiger partial charge on any atom is 0.417 e. The molecule has 0 unspecified atom stereocenters. The van der Waals surface area contributed by atoms with Crippen molar-refractivity contribution in [2.24, 2.45) is 0 Å². The standard InChI is InChI=1S/C18H18F3N5/c19-18(20,21)15-5-6-17(22-12-15)25-9-7-24(8-10-25)13-26-16-4-2-1-3-14(16)11-23-26/h1-6,11-12H,7-10,13H2. The van der Waals surface area contributed by atoms with Gasteiger partial charge in [0.15, 0.2) is 0 Å². The molecule has 3 aromatic rings. The minimum Gasteiger partial charge on any atom is -0.354 e. The van der Waals surface area contributed by atoms with E-state index in [-0.39, 0.29) is 0 Å². The molecule has 3 heterocycles. The summed E-state index contributed by atoms with van der Waals surface area (Å²) in [6, 6.07) is 10.6. The van der Waals surface area contributed by atoms with Crippen LogP contribution in [0, 0.1) is 0 Å². The molecule has 0 aliphatic carbocycles. The summed E-state index contributed by atoms with van der Waals surface area (Å²) >= 11 is 0. The highest BCUT2D eigenvalue weighted by atomic mass is 19.4. The summed E-state index contributed by atoms with van der Waals surface area (Å²) in [5, 5.41) is 5.55. The second-order valence-electron chi connectivity index (χ2n) is 6.35. The third-order valence-electron chi connectivity index (χ3n) is 4.66. The van der Waals surface area contributed by atoms with Crippen LogP contribution >= 0.6 is 0 Å². The van der Waals surface area contributed by atoms with Gasteiger partial charge in [0.1, 0.15) is 5.82 Å². The highest BCUT2D eigenvalue weighted by Crippen LogP contribution is 2.29. The molecule has 8 heteroatoms. The van der Waals surface area contributed by atoms with E-state index in [1.54, 1.807) is 0 Å². The van der Waals surface area contributed by atoms with Gasteiger partial charge >= 0.3 is 6.18 Å². The lowest BCUT2D eigenvalue weighted by Gasteiger charge is -2.35. The number of piperazine rings is 1. The van der Waals surface area contributed by atoms with Crippen molar-refractivity contribution < 1.29 is 13.2 Å². The number of hydrogen-bond acceptors (Lipinski definition) is 4. The second kappa shape index (κ2) is 6.60. The van der Waals surface area contributed by atoms with E-state index in [4.69, 9.17) is 0 Å². The molecular weight excluding hydrogens is 343 g/mol. The summed E-state index contributed by atoms with van der Waals surface area (Å²) in [6.45, 7) is 3.74. The first-order valence-electron chi connectivity index (χ1n) is 8.42. The predicted octanol–water partition coefficient (Wildman–Crippen LogP) is 3.23. The molecule has 1 aromatic carbocycles. The van der Waals surface area contributed by atoms with Crippen LogP contribution in [-0.2, 0) is 12.8 Å². The number of para-hydroxylation sites is 1. The van der Waals surface area contributed by atoms with Crippen molar-refractivity contribution in [2.45, 2.75) is 12.8 Å². The van der Waals surface area contributed by atoms with Gasteiger partial charge in [0.2, 0.25) is 0 Å². The van der Waals surface area contributed by atoms with Crippen LogP contribution in [0.4, 0.5) is 19.0 Å². The Morgan fingerprint density at radius 1 is 0.923 bits per heavy atom. The first-order chi connectivity index (χ1) is 12.5. The van der Waals surface area contributed by atoms with Crippen LogP contribution in [0.3, 0.4) is 0 Å². The molecule has 4 rings (SSSR count). The lowest BCUT2D eigenvalue weighted by Crippen LogP contribution is -2.47. The predicted molar refractivity (Wildman–Crippen MR) is 92.8 cm³/mol. The quantitative estimate of drug-likeness (QED) is 0.718. The third kappa shape index (κ3) is 3.37. The Morgan fingerprint density at radius 2 is 1.69 bits per heavy atom. The first-order valence-corrected chi connectivity index (χ1v) is 8.42. The molecule has 26 heavy (non-hydrogen) atoms. The normalized spacial score (nSPS) is 16.3. The van der Waals surface area contributed by atoms with E-state index >= 15 is 0 Å². The summed E-state index contributed by atoms with van der Waals surface area (Å²) in [6.07, 6.45) is -1.59. The maximum atomic E-state index is 12.6. The van der Waals surface area contributed by atoms with Crippen LogP contribution in [0.15, 0.2) is 48.8 Å². The number of fused-ring (bicyclic) bond motifs is 1. The van der Waals surface area contributed by atoms with Crippen LogP contribution < -0.4 is 4.90 Å². The Labute approximate surface area is 148 Å². The average molecular weight is 361 g/mol. The van der Waals surface area contributed by atoms with E-state index < -0.39 is 11.7 Å². The molecule has 1 fully saturated rings. The zero-order valence-electron chi connectivity index (χ0n) is 14.0. The lowest BCUT2D eigenvalue weighted by molar-refractivity contribution is -0.137. The number of rotatable bonds is 3. The zero-order valence-corrected chi connectivity index (χ0v) is 14.0.